The third-order valence-electron chi connectivity index (χ3n) is 3.40. The van der Waals surface area contributed by atoms with Gasteiger partial charge in [0, 0.05) is 14.1 Å². The van der Waals surface area contributed by atoms with Crippen molar-refractivity contribution in [3.05, 3.63) is 27.7 Å². The average molecular weight is 367 g/mol. The smallest absolute Gasteiger partial charge is 0.333 e. The maximum Gasteiger partial charge on any atom is 0.333 e. The molecule has 1 saturated heterocycles. The Morgan fingerprint density at radius 3 is 2.36 bits per heavy atom. The Morgan fingerprint density at radius 1 is 1.09 bits per heavy atom. The second-order valence-corrected chi connectivity index (χ2v) is 5.66. The van der Waals surface area contributed by atoms with Gasteiger partial charge in [-0.15, -0.1) is 0 Å². The number of fused-ring (bicyclic) bond motifs is 1. The topological polar surface area (TPSA) is 76.2 Å². The number of ether oxygens (including phenoxy) is 2. The van der Waals surface area contributed by atoms with Crippen LogP contribution in [-0.2, 0) is 9.59 Å². The number of likely N-dealkylation sites (N-methyl/N-ethyl adjacent to an activating group) is 2. The van der Waals surface area contributed by atoms with Crippen LogP contribution in [0.3, 0.4) is 0 Å². The molecule has 2 heterocycles. The van der Waals surface area contributed by atoms with Crippen LogP contribution in [0.1, 0.15) is 5.56 Å². The molecule has 0 radical (unpaired) electrons. The molecule has 2 aliphatic rings. The fourth-order valence-electron chi connectivity index (χ4n) is 2.21. The second-order valence-electron chi connectivity index (χ2n) is 4.81. The van der Waals surface area contributed by atoms with Crippen LogP contribution in [0.5, 0.6) is 11.5 Å². The molecule has 0 spiro atoms. The Hall–Kier alpha value is -2.35. The van der Waals surface area contributed by atoms with Crippen LogP contribution in [-0.4, -0.2) is 48.5 Å². The van der Waals surface area contributed by atoms with Gasteiger partial charge in [-0.2, -0.15) is 0 Å². The number of hydrogen-bond acceptors (Lipinski definition) is 5. The van der Waals surface area contributed by atoms with Crippen molar-refractivity contribution < 1.29 is 23.9 Å². The summed E-state index contributed by atoms with van der Waals surface area (Å²) in [7, 11) is 2.66. The van der Waals surface area contributed by atoms with Crippen LogP contribution < -0.4 is 9.47 Å². The van der Waals surface area contributed by atoms with E-state index < -0.39 is 17.8 Å². The summed E-state index contributed by atoms with van der Waals surface area (Å²) < 4.78 is 11.2. The molecule has 0 bridgehead atoms. The first-order valence-electron chi connectivity index (χ1n) is 6.31. The number of urea groups is 1. The minimum Gasteiger partial charge on any atom is -0.454 e. The maximum absolute atomic E-state index is 12.1. The van der Waals surface area contributed by atoms with Crippen LogP contribution >= 0.6 is 15.9 Å². The number of benzene rings is 1. The fraction of sp³-hybridized carbons (Fsp3) is 0.214. The summed E-state index contributed by atoms with van der Waals surface area (Å²) in [4.78, 5) is 37.8. The molecule has 1 fully saturated rings. The minimum absolute atomic E-state index is 0.0876. The molecule has 0 atom stereocenters. The molecule has 114 valence electrons. The van der Waals surface area contributed by atoms with E-state index in [1.807, 2.05) is 0 Å². The van der Waals surface area contributed by atoms with Gasteiger partial charge in [-0.25, -0.2) is 4.79 Å². The van der Waals surface area contributed by atoms with Gasteiger partial charge >= 0.3 is 6.03 Å². The molecule has 0 aliphatic carbocycles. The van der Waals surface area contributed by atoms with Gasteiger partial charge in [0.1, 0.15) is 5.57 Å². The molecule has 22 heavy (non-hydrogen) atoms. The minimum atomic E-state index is -0.654. The predicted molar refractivity (Wildman–Crippen MR) is 79.2 cm³/mol. The van der Waals surface area contributed by atoms with Gasteiger partial charge in [0.2, 0.25) is 6.79 Å². The normalized spacial score (nSPS) is 17.4. The number of barbiturate groups is 1. The molecular formula is C14H11BrN2O5. The summed E-state index contributed by atoms with van der Waals surface area (Å²) in [6.45, 7) is 0.117. The van der Waals surface area contributed by atoms with E-state index in [4.69, 9.17) is 9.47 Å². The fourth-order valence-corrected chi connectivity index (χ4v) is 2.79. The van der Waals surface area contributed by atoms with Crippen molar-refractivity contribution in [3.8, 4) is 11.5 Å². The van der Waals surface area contributed by atoms with Crippen molar-refractivity contribution in [2.24, 2.45) is 0 Å². The van der Waals surface area contributed by atoms with Gasteiger partial charge in [0.05, 0.1) is 4.47 Å². The van der Waals surface area contributed by atoms with Crippen LogP contribution in [0, 0.1) is 0 Å². The Balaban J connectivity index is 2.04. The van der Waals surface area contributed by atoms with Crippen molar-refractivity contribution in [1.29, 1.82) is 0 Å². The molecule has 1 aromatic carbocycles. The quantitative estimate of drug-likeness (QED) is 0.557. The first-order chi connectivity index (χ1) is 10.4. The van der Waals surface area contributed by atoms with Crippen molar-refractivity contribution in [2.75, 3.05) is 20.9 Å². The largest absolute Gasteiger partial charge is 0.454 e. The third kappa shape index (κ3) is 2.16. The van der Waals surface area contributed by atoms with E-state index in [-0.39, 0.29) is 12.4 Å². The number of nitrogens with zero attached hydrogens (tertiary/aromatic N) is 2. The molecule has 2 aliphatic heterocycles. The molecule has 4 amide bonds. The molecule has 1 aromatic rings. The number of halogens is 1. The zero-order valence-corrected chi connectivity index (χ0v) is 13.3. The molecule has 8 heteroatoms. The third-order valence-corrected chi connectivity index (χ3v) is 3.99. The highest BCUT2D eigenvalue weighted by Crippen LogP contribution is 2.40. The highest BCUT2D eigenvalue weighted by Gasteiger charge is 2.37. The zero-order chi connectivity index (χ0) is 16.0. The average Bonchev–Trinajstić information content (AvgIpc) is 2.96. The first-order valence-corrected chi connectivity index (χ1v) is 7.10. The number of carbonyl (C=O) groups excluding carboxylic acids is 3. The van der Waals surface area contributed by atoms with E-state index in [2.05, 4.69) is 15.9 Å². The summed E-state index contributed by atoms with van der Waals surface area (Å²) in [5.74, 6) is -0.175. The van der Waals surface area contributed by atoms with Crippen molar-refractivity contribution >= 4 is 39.9 Å². The Bertz CT molecular complexity index is 717. The summed E-state index contributed by atoms with van der Waals surface area (Å²) >= 11 is 3.35. The van der Waals surface area contributed by atoms with Crippen molar-refractivity contribution in [1.82, 2.24) is 9.80 Å². The zero-order valence-electron chi connectivity index (χ0n) is 11.8. The van der Waals surface area contributed by atoms with E-state index in [0.29, 0.717) is 21.5 Å². The van der Waals surface area contributed by atoms with Crippen molar-refractivity contribution in [2.45, 2.75) is 0 Å². The standard InChI is InChI=1S/C14H11BrN2O5/c1-16-12(18)8(13(19)17(2)14(16)20)3-7-4-9(15)11-10(5-7)21-6-22-11/h3-5H,6H2,1-2H3. The number of hydrogen-bond donors (Lipinski definition) is 0. The number of amides is 4. The van der Waals surface area contributed by atoms with Crippen molar-refractivity contribution in [3.63, 3.8) is 0 Å². The maximum atomic E-state index is 12.1. The Labute approximate surface area is 134 Å². The SMILES string of the molecule is CN1C(=O)C(=Cc2cc(Br)c3c(c2)OCO3)C(=O)N(C)C1=O. The predicted octanol–water partition coefficient (Wildman–Crippen LogP) is 1.61. The first kappa shape index (κ1) is 14.6. The Morgan fingerprint density at radius 2 is 1.73 bits per heavy atom. The highest BCUT2D eigenvalue weighted by molar-refractivity contribution is 9.10. The summed E-state index contributed by atoms with van der Waals surface area (Å²) in [6.07, 6.45) is 1.43. The molecule has 0 aromatic heterocycles. The molecular weight excluding hydrogens is 356 g/mol. The molecule has 0 unspecified atom stereocenters. The lowest BCUT2D eigenvalue weighted by Gasteiger charge is -2.28. The van der Waals surface area contributed by atoms with Gasteiger partial charge in [-0.1, -0.05) is 0 Å². The molecule has 3 rings (SSSR count). The van der Waals surface area contributed by atoms with Gasteiger partial charge in [-0.05, 0) is 39.7 Å². The van der Waals surface area contributed by atoms with Crippen LogP contribution in [0.2, 0.25) is 0 Å². The number of imide groups is 2. The monoisotopic (exact) mass is 366 g/mol. The molecule has 7 nitrogen and oxygen atoms in total. The van der Waals surface area contributed by atoms with E-state index >= 15 is 0 Å². The lowest BCUT2D eigenvalue weighted by atomic mass is 10.1. The van der Waals surface area contributed by atoms with E-state index in [9.17, 15) is 14.4 Å². The molecule has 0 N–H and O–H groups in total. The van der Waals surface area contributed by atoms with Gasteiger partial charge < -0.3 is 9.47 Å². The van der Waals surface area contributed by atoms with Gasteiger partial charge in [-0.3, -0.25) is 19.4 Å². The lowest BCUT2D eigenvalue weighted by Crippen LogP contribution is -2.52. The second kappa shape index (κ2) is 5.13. The Kier molecular flexibility index (Phi) is 3.40. The highest BCUT2D eigenvalue weighted by atomic mass is 79.9. The lowest BCUT2D eigenvalue weighted by molar-refractivity contribution is -0.134. The van der Waals surface area contributed by atoms with Crippen LogP contribution in [0.25, 0.3) is 6.08 Å². The summed E-state index contributed by atoms with van der Waals surface area (Å²) in [5, 5.41) is 0. The summed E-state index contributed by atoms with van der Waals surface area (Å²) in [5.41, 5.74) is 0.499. The molecule has 0 saturated carbocycles. The summed E-state index contributed by atoms with van der Waals surface area (Å²) in [6, 6.07) is 2.72. The van der Waals surface area contributed by atoms with Crippen LogP contribution in [0.15, 0.2) is 22.2 Å². The van der Waals surface area contributed by atoms with E-state index in [1.165, 1.54) is 20.2 Å². The van der Waals surface area contributed by atoms with E-state index in [1.54, 1.807) is 12.1 Å². The van der Waals surface area contributed by atoms with Crippen LogP contribution in [0.4, 0.5) is 4.79 Å². The number of rotatable bonds is 1. The van der Waals surface area contributed by atoms with Gasteiger partial charge in [0.25, 0.3) is 11.8 Å². The number of carbonyl (C=O) groups is 3. The van der Waals surface area contributed by atoms with Gasteiger partial charge in [0.15, 0.2) is 11.5 Å². The van der Waals surface area contributed by atoms with E-state index in [0.717, 1.165) is 9.80 Å².